The van der Waals surface area contributed by atoms with Gasteiger partial charge in [-0.15, -0.1) is 0 Å². The van der Waals surface area contributed by atoms with Crippen LogP contribution in [0, 0.1) is 0 Å². The van der Waals surface area contributed by atoms with Crippen molar-refractivity contribution in [3.05, 3.63) is 17.0 Å². The molecule has 9 heteroatoms. The molecule has 0 bridgehead atoms. The first kappa shape index (κ1) is 15.7. The van der Waals surface area contributed by atoms with Crippen LogP contribution >= 0.6 is 0 Å². The molecule has 22 heavy (non-hydrogen) atoms. The Morgan fingerprint density at radius 1 is 1.36 bits per heavy atom. The van der Waals surface area contributed by atoms with Gasteiger partial charge in [0.25, 0.3) is 5.92 Å². The van der Waals surface area contributed by atoms with Gasteiger partial charge in [0, 0.05) is 12.2 Å². The maximum Gasteiger partial charge on any atom is 0.435 e. The number of alkyl halides is 5. The molecule has 1 N–H and O–H groups in total. The summed E-state index contributed by atoms with van der Waals surface area (Å²) in [5.74, 6) is -3.61. The molecule has 0 unspecified atom stereocenters. The van der Waals surface area contributed by atoms with E-state index in [9.17, 15) is 27.1 Å². The minimum atomic E-state index is -4.88. The normalized spacial score (nSPS) is 31.3. The lowest BCUT2D eigenvalue weighted by molar-refractivity contribution is -0.146. The fourth-order valence-corrected chi connectivity index (χ4v) is 3.18. The average Bonchev–Trinajstić information content (AvgIpc) is 2.85. The molecular weight excluding hydrogens is 311 g/mol. The zero-order chi connectivity index (χ0) is 16.3. The summed E-state index contributed by atoms with van der Waals surface area (Å²) in [6, 6.07) is -0.435. The van der Waals surface area contributed by atoms with Gasteiger partial charge in [-0.1, -0.05) is 0 Å². The molecule has 1 aromatic heterocycles. The molecule has 4 nitrogen and oxygen atoms in total. The van der Waals surface area contributed by atoms with Crippen LogP contribution in [0.3, 0.4) is 0 Å². The lowest BCUT2D eigenvalue weighted by Gasteiger charge is -2.28. The van der Waals surface area contributed by atoms with E-state index in [1.807, 2.05) is 0 Å². The summed E-state index contributed by atoms with van der Waals surface area (Å²) >= 11 is 0. The number of halogens is 5. The monoisotopic (exact) mass is 326 g/mol. The molecule has 2 heterocycles. The maximum atomic E-state index is 13.7. The molecule has 1 aliphatic heterocycles. The fourth-order valence-electron chi connectivity index (χ4n) is 3.18. The lowest BCUT2D eigenvalue weighted by Crippen LogP contribution is -2.29. The van der Waals surface area contributed by atoms with E-state index in [2.05, 4.69) is 5.10 Å². The molecule has 1 fully saturated rings. The van der Waals surface area contributed by atoms with E-state index in [0.29, 0.717) is 19.4 Å². The van der Waals surface area contributed by atoms with E-state index in [0.717, 1.165) is 4.68 Å². The van der Waals surface area contributed by atoms with E-state index in [-0.39, 0.29) is 11.8 Å². The molecule has 0 saturated carbocycles. The molecule has 1 saturated heterocycles. The third kappa shape index (κ3) is 2.40. The molecule has 124 valence electrons. The van der Waals surface area contributed by atoms with E-state index in [1.54, 1.807) is 6.92 Å². The van der Waals surface area contributed by atoms with Gasteiger partial charge < -0.3 is 9.84 Å². The van der Waals surface area contributed by atoms with Crippen molar-refractivity contribution in [3.63, 3.8) is 0 Å². The van der Waals surface area contributed by atoms with Crippen LogP contribution in [0.25, 0.3) is 0 Å². The highest BCUT2D eigenvalue weighted by Crippen LogP contribution is 2.49. The molecule has 2 aliphatic rings. The van der Waals surface area contributed by atoms with Crippen LogP contribution in [0.4, 0.5) is 22.0 Å². The van der Waals surface area contributed by atoms with Crippen molar-refractivity contribution in [2.75, 3.05) is 6.61 Å². The standard InChI is InChI=1S/C13H15F5N2O2/c1-6-4-7(2-3-22-6)20-8-5-12(14,15)11(21)9(8)10(19-20)13(16,17)18/h6-7,11,21H,2-5H2,1H3/t6-,7-,11+/m1/s1. The van der Waals surface area contributed by atoms with E-state index < -0.39 is 41.9 Å². The van der Waals surface area contributed by atoms with Crippen molar-refractivity contribution in [1.82, 2.24) is 9.78 Å². The number of rotatable bonds is 1. The van der Waals surface area contributed by atoms with Crippen LogP contribution in [-0.2, 0) is 17.3 Å². The van der Waals surface area contributed by atoms with Gasteiger partial charge in [-0.2, -0.15) is 18.3 Å². The number of fused-ring (bicyclic) bond motifs is 1. The number of hydrogen-bond donors (Lipinski definition) is 1. The van der Waals surface area contributed by atoms with Gasteiger partial charge in [0.15, 0.2) is 5.69 Å². The highest BCUT2D eigenvalue weighted by atomic mass is 19.4. The van der Waals surface area contributed by atoms with Crippen molar-refractivity contribution in [2.24, 2.45) is 0 Å². The first-order chi connectivity index (χ1) is 10.1. The van der Waals surface area contributed by atoms with Crippen LogP contribution < -0.4 is 0 Å². The topological polar surface area (TPSA) is 47.3 Å². The quantitative estimate of drug-likeness (QED) is 0.807. The molecule has 0 radical (unpaired) electrons. The fraction of sp³-hybridized carbons (Fsp3) is 0.769. The van der Waals surface area contributed by atoms with Gasteiger partial charge in [0.2, 0.25) is 0 Å². The van der Waals surface area contributed by atoms with Gasteiger partial charge in [-0.05, 0) is 19.8 Å². The second-order valence-electron chi connectivity index (χ2n) is 5.85. The number of aliphatic hydroxyl groups excluding tert-OH is 1. The Labute approximate surface area is 122 Å². The second-order valence-corrected chi connectivity index (χ2v) is 5.85. The first-order valence-corrected chi connectivity index (χ1v) is 6.97. The molecule has 0 spiro atoms. The van der Waals surface area contributed by atoms with Crippen molar-refractivity contribution in [3.8, 4) is 0 Å². The number of ether oxygens (including phenoxy) is 1. The predicted octanol–water partition coefficient (Wildman–Crippen LogP) is 2.87. The summed E-state index contributed by atoms with van der Waals surface area (Å²) in [6.07, 6.45) is -7.67. The van der Waals surface area contributed by atoms with Crippen molar-refractivity contribution in [1.29, 1.82) is 0 Å². The number of aliphatic hydroxyl groups is 1. The van der Waals surface area contributed by atoms with Crippen LogP contribution in [-0.4, -0.2) is 33.5 Å². The third-order valence-electron chi connectivity index (χ3n) is 4.20. The Kier molecular flexibility index (Phi) is 3.48. The van der Waals surface area contributed by atoms with E-state index >= 15 is 0 Å². The van der Waals surface area contributed by atoms with Gasteiger partial charge in [-0.25, -0.2) is 8.78 Å². The number of hydrogen-bond acceptors (Lipinski definition) is 3. The maximum absolute atomic E-state index is 13.7. The Hall–Kier alpha value is -1.22. The predicted molar refractivity (Wildman–Crippen MR) is 64.5 cm³/mol. The largest absolute Gasteiger partial charge is 0.435 e. The highest BCUT2D eigenvalue weighted by Gasteiger charge is 2.55. The smallest absolute Gasteiger partial charge is 0.382 e. The first-order valence-electron chi connectivity index (χ1n) is 6.97. The highest BCUT2D eigenvalue weighted by molar-refractivity contribution is 5.38. The second kappa shape index (κ2) is 4.89. The molecule has 1 aromatic rings. The minimum absolute atomic E-state index is 0.181. The summed E-state index contributed by atoms with van der Waals surface area (Å²) < 4.78 is 72.9. The summed E-state index contributed by atoms with van der Waals surface area (Å²) in [7, 11) is 0. The van der Waals surface area contributed by atoms with E-state index in [4.69, 9.17) is 4.74 Å². The van der Waals surface area contributed by atoms with Crippen molar-refractivity contribution >= 4 is 0 Å². The van der Waals surface area contributed by atoms with Gasteiger partial charge in [0.05, 0.1) is 24.3 Å². The average molecular weight is 326 g/mol. The molecule has 0 amide bonds. The molecule has 3 atom stereocenters. The van der Waals surface area contributed by atoms with Gasteiger partial charge in [0.1, 0.15) is 6.10 Å². The van der Waals surface area contributed by atoms with Gasteiger partial charge in [-0.3, -0.25) is 4.68 Å². The summed E-state index contributed by atoms with van der Waals surface area (Å²) in [4.78, 5) is 0. The molecular formula is C13H15F5N2O2. The van der Waals surface area contributed by atoms with Crippen molar-refractivity contribution in [2.45, 2.75) is 56.5 Å². The zero-order valence-corrected chi connectivity index (χ0v) is 11.7. The van der Waals surface area contributed by atoms with Crippen LogP contribution in [0.15, 0.2) is 0 Å². The van der Waals surface area contributed by atoms with Crippen LogP contribution in [0.2, 0.25) is 0 Å². The molecule has 0 aromatic carbocycles. The summed E-state index contributed by atoms with van der Waals surface area (Å²) in [5, 5.41) is 13.1. The SMILES string of the molecule is C[C@@H]1C[C@H](n2nc(C(F)(F)F)c3c2CC(F)(F)[C@H]3O)CCO1. The lowest BCUT2D eigenvalue weighted by atomic mass is 10.0. The van der Waals surface area contributed by atoms with E-state index in [1.165, 1.54) is 0 Å². The molecule has 3 rings (SSSR count). The Morgan fingerprint density at radius 3 is 2.64 bits per heavy atom. The zero-order valence-electron chi connectivity index (χ0n) is 11.7. The van der Waals surface area contributed by atoms with Crippen LogP contribution in [0.1, 0.15) is 48.9 Å². The van der Waals surface area contributed by atoms with Crippen LogP contribution in [0.5, 0.6) is 0 Å². The third-order valence-corrected chi connectivity index (χ3v) is 4.20. The van der Waals surface area contributed by atoms with Gasteiger partial charge >= 0.3 is 6.18 Å². The Morgan fingerprint density at radius 2 is 2.05 bits per heavy atom. The molecule has 1 aliphatic carbocycles. The Balaban J connectivity index is 2.08. The number of aromatic nitrogens is 2. The summed E-state index contributed by atoms with van der Waals surface area (Å²) in [5.41, 5.74) is -2.41. The number of nitrogens with zero attached hydrogens (tertiary/aromatic N) is 2. The Bertz CT molecular complexity index is 584. The summed E-state index contributed by atoms with van der Waals surface area (Å²) in [6.45, 7) is 2.10. The van der Waals surface area contributed by atoms with Crippen molar-refractivity contribution < 1.29 is 31.8 Å². The minimum Gasteiger partial charge on any atom is -0.382 e.